The van der Waals surface area contributed by atoms with E-state index in [4.69, 9.17) is 0 Å². The van der Waals surface area contributed by atoms with Crippen molar-refractivity contribution in [1.29, 1.82) is 0 Å². The summed E-state index contributed by atoms with van der Waals surface area (Å²) in [5, 5.41) is 3.29. The number of thiazole rings is 1. The Labute approximate surface area is 122 Å². The summed E-state index contributed by atoms with van der Waals surface area (Å²) in [6, 6.07) is 0. The number of fused-ring (bicyclic) bond motifs is 1. The molecule has 0 aliphatic carbocycles. The Balaban J connectivity index is 2.07. The van der Waals surface area contributed by atoms with Gasteiger partial charge in [0.25, 0.3) is 5.91 Å². The van der Waals surface area contributed by atoms with Crippen LogP contribution >= 0.6 is 11.3 Å². The highest BCUT2D eigenvalue weighted by molar-refractivity contribution is 7.14. The van der Waals surface area contributed by atoms with Gasteiger partial charge in [0.1, 0.15) is 5.82 Å². The maximum absolute atomic E-state index is 12.0. The van der Waals surface area contributed by atoms with Gasteiger partial charge < -0.3 is 10.2 Å². The molecule has 1 aliphatic heterocycles. The highest BCUT2D eigenvalue weighted by Crippen LogP contribution is 2.31. The minimum Gasteiger partial charge on any atom is -0.349 e. The van der Waals surface area contributed by atoms with Gasteiger partial charge in [0, 0.05) is 31.4 Å². The number of nitrogens with zero attached hydrogens (tertiary/aromatic N) is 3. The molecule has 0 saturated carbocycles. The molecule has 1 aromatic heterocycles. The van der Waals surface area contributed by atoms with Crippen LogP contribution in [-0.4, -0.2) is 55.4 Å². The lowest BCUT2D eigenvalue weighted by molar-refractivity contribution is -0.116. The molecule has 1 N–H and O–H groups in total. The number of nitrogens with one attached hydrogen (secondary N) is 1. The van der Waals surface area contributed by atoms with E-state index in [2.05, 4.69) is 10.3 Å². The molecule has 2 heterocycles. The number of amides is 2. The van der Waals surface area contributed by atoms with Crippen molar-refractivity contribution < 1.29 is 9.59 Å². The molecule has 0 fully saturated rings. The van der Waals surface area contributed by atoms with Crippen molar-refractivity contribution in [2.45, 2.75) is 19.8 Å². The fourth-order valence-corrected chi connectivity index (χ4v) is 3.12. The SMILES string of the molecule is CC(=O)N1CCCc2sc(C(=O)NCCN(C)C)nc21. The van der Waals surface area contributed by atoms with Gasteiger partial charge in [-0.05, 0) is 26.9 Å². The number of carbonyl (C=O) groups is 2. The Hall–Kier alpha value is -1.47. The molecule has 2 amide bonds. The van der Waals surface area contributed by atoms with Crippen molar-refractivity contribution >= 4 is 29.0 Å². The van der Waals surface area contributed by atoms with Crippen LogP contribution in [0, 0.1) is 0 Å². The third-order valence-electron chi connectivity index (χ3n) is 3.14. The Morgan fingerprint density at radius 2 is 2.20 bits per heavy atom. The van der Waals surface area contributed by atoms with E-state index in [1.807, 2.05) is 19.0 Å². The van der Waals surface area contributed by atoms with Crippen molar-refractivity contribution in [2.75, 3.05) is 38.6 Å². The maximum Gasteiger partial charge on any atom is 0.280 e. The normalized spacial score (nSPS) is 14.3. The van der Waals surface area contributed by atoms with E-state index in [1.54, 1.807) is 4.90 Å². The van der Waals surface area contributed by atoms with Crippen LogP contribution in [0.15, 0.2) is 0 Å². The van der Waals surface area contributed by atoms with Crippen LogP contribution in [0.5, 0.6) is 0 Å². The number of aryl methyl sites for hydroxylation is 1. The predicted molar refractivity (Wildman–Crippen MR) is 79.3 cm³/mol. The molecule has 2 rings (SSSR count). The smallest absolute Gasteiger partial charge is 0.280 e. The minimum absolute atomic E-state index is 0.0178. The van der Waals surface area contributed by atoms with Crippen LogP contribution < -0.4 is 10.2 Å². The summed E-state index contributed by atoms with van der Waals surface area (Å²) in [7, 11) is 3.91. The largest absolute Gasteiger partial charge is 0.349 e. The zero-order valence-corrected chi connectivity index (χ0v) is 12.9. The van der Waals surface area contributed by atoms with Gasteiger partial charge in [0.15, 0.2) is 5.01 Å². The molecule has 6 nitrogen and oxygen atoms in total. The highest BCUT2D eigenvalue weighted by atomic mass is 32.1. The van der Waals surface area contributed by atoms with Gasteiger partial charge in [0.05, 0.1) is 0 Å². The van der Waals surface area contributed by atoms with Gasteiger partial charge in [-0.2, -0.15) is 0 Å². The molecule has 1 aliphatic rings. The summed E-state index contributed by atoms with van der Waals surface area (Å²) in [5.41, 5.74) is 0. The van der Waals surface area contributed by atoms with Crippen molar-refractivity contribution in [2.24, 2.45) is 0 Å². The molecule has 0 unspecified atom stereocenters. The standard InChI is InChI=1S/C13H20N4O2S/c1-9(18)17-7-4-5-10-11(17)15-13(20-10)12(19)14-6-8-16(2)3/h4-8H2,1-3H3,(H,14,19). The average molecular weight is 296 g/mol. The monoisotopic (exact) mass is 296 g/mol. The van der Waals surface area contributed by atoms with Crippen LogP contribution in [0.4, 0.5) is 5.82 Å². The van der Waals surface area contributed by atoms with Gasteiger partial charge in [-0.1, -0.05) is 0 Å². The van der Waals surface area contributed by atoms with Crippen molar-refractivity contribution in [1.82, 2.24) is 15.2 Å². The molecule has 110 valence electrons. The first-order valence-corrected chi connectivity index (χ1v) is 7.51. The van der Waals surface area contributed by atoms with E-state index >= 15 is 0 Å². The second-order valence-electron chi connectivity index (χ2n) is 5.10. The lowest BCUT2D eigenvalue weighted by Crippen LogP contribution is -2.33. The Kier molecular flexibility index (Phi) is 4.72. The molecule has 20 heavy (non-hydrogen) atoms. The van der Waals surface area contributed by atoms with Gasteiger partial charge >= 0.3 is 0 Å². The quantitative estimate of drug-likeness (QED) is 0.890. The zero-order chi connectivity index (χ0) is 14.7. The average Bonchev–Trinajstić information content (AvgIpc) is 2.81. The number of rotatable bonds is 4. The molecule has 0 radical (unpaired) electrons. The summed E-state index contributed by atoms with van der Waals surface area (Å²) in [6.45, 7) is 3.60. The van der Waals surface area contributed by atoms with Gasteiger partial charge in [-0.15, -0.1) is 11.3 Å². The molecule has 0 aromatic carbocycles. The number of anilines is 1. The molecule has 1 aromatic rings. The number of carbonyl (C=O) groups excluding carboxylic acids is 2. The molecule has 0 bridgehead atoms. The van der Waals surface area contributed by atoms with E-state index in [9.17, 15) is 9.59 Å². The molecular weight excluding hydrogens is 276 g/mol. The number of hydrogen-bond donors (Lipinski definition) is 1. The molecule has 7 heteroatoms. The second kappa shape index (κ2) is 6.32. The highest BCUT2D eigenvalue weighted by Gasteiger charge is 2.26. The fourth-order valence-electron chi connectivity index (χ4n) is 2.09. The number of aromatic nitrogens is 1. The van der Waals surface area contributed by atoms with Crippen LogP contribution in [-0.2, 0) is 11.2 Å². The first-order valence-electron chi connectivity index (χ1n) is 6.69. The maximum atomic E-state index is 12.0. The van der Waals surface area contributed by atoms with Crippen molar-refractivity contribution in [3.8, 4) is 0 Å². The van der Waals surface area contributed by atoms with Gasteiger partial charge in [0.2, 0.25) is 5.91 Å². The van der Waals surface area contributed by atoms with E-state index in [0.29, 0.717) is 23.9 Å². The van der Waals surface area contributed by atoms with Crippen LogP contribution in [0.1, 0.15) is 28.0 Å². The minimum atomic E-state index is -0.158. The summed E-state index contributed by atoms with van der Waals surface area (Å²) in [6.07, 6.45) is 1.82. The molecule has 0 atom stereocenters. The third-order valence-corrected chi connectivity index (χ3v) is 4.24. The first kappa shape index (κ1) is 14.9. The van der Waals surface area contributed by atoms with Crippen molar-refractivity contribution in [3.05, 3.63) is 9.88 Å². The number of likely N-dealkylation sites (N-methyl/N-ethyl adjacent to an activating group) is 1. The Bertz CT molecular complexity index is 512. The summed E-state index contributed by atoms with van der Waals surface area (Å²) in [4.78, 5) is 32.7. The lowest BCUT2D eigenvalue weighted by atomic mass is 10.2. The van der Waals surface area contributed by atoms with E-state index in [0.717, 1.165) is 24.3 Å². The third kappa shape index (κ3) is 3.34. The van der Waals surface area contributed by atoms with E-state index < -0.39 is 0 Å². The summed E-state index contributed by atoms with van der Waals surface area (Å²) >= 11 is 1.39. The van der Waals surface area contributed by atoms with E-state index in [-0.39, 0.29) is 11.8 Å². The lowest BCUT2D eigenvalue weighted by Gasteiger charge is -2.23. The van der Waals surface area contributed by atoms with Gasteiger partial charge in [-0.25, -0.2) is 4.98 Å². The molecule has 0 spiro atoms. The predicted octanol–water partition coefficient (Wildman–Crippen LogP) is 0.734. The summed E-state index contributed by atoms with van der Waals surface area (Å²) in [5.74, 6) is 0.497. The van der Waals surface area contributed by atoms with Gasteiger partial charge in [-0.3, -0.25) is 14.5 Å². The molecular formula is C13H20N4O2S. The van der Waals surface area contributed by atoms with Crippen LogP contribution in [0.2, 0.25) is 0 Å². The second-order valence-corrected chi connectivity index (χ2v) is 6.18. The fraction of sp³-hybridized carbons (Fsp3) is 0.615. The zero-order valence-electron chi connectivity index (χ0n) is 12.1. The van der Waals surface area contributed by atoms with Crippen molar-refractivity contribution in [3.63, 3.8) is 0 Å². The Morgan fingerprint density at radius 3 is 2.85 bits per heavy atom. The Morgan fingerprint density at radius 1 is 1.45 bits per heavy atom. The first-order chi connectivity index (χ1) is 9.49. The van der Waals surface area contributed by atoms with Crippen LogP contribution in [0.3, 0.4) is 0 Å². The topological polar surface area (TPSA) is 65.5 Å². The molecule has 0 saturated heterocycles. The summed E-state index contributed by atoms with van der Waals surface area (Å²) < 4.78 is 0. The number of hydrogen-bond acceptors (Lipinski definition) is 5. The van der Waals surface area contributed by atoms with Crippen LogP contribution in [0.25, 0.3) is 0 Å². The van der Waals surface area contributed by atoms with E-state index in [1.165, 1.54) is 18.3 Å².